The van der Waals surface area contributed by atoms with E-state index in [1.807, 2.05) is 27.1 Å². The first kappa shape index (κ1) is 15.6. The molecular formula is C15H20BrN5. The number of hydrogen-bond donors (Lipinski definition) is 2. The second kappa shape index (κ2) is 6.76. The molecule has 0 saturated heterocycles. The van der Waals surface area contributed by atoms with Crippen molar-refractivity contribution in [3.8, 4) is 0 Å². The van der Waals surface area contributed by atoms with Gasteiger partial charge in [-0.2, -0.15) is 4.98 Å². The Labute approximate surface area is 133 Å². The summed E-state index contributed by atoms with van der Waals surface area (Å²) < 4.78 is 0.830. The number of nitrogens with zero attached hydrogens (tertiary/aromatic N) is 3. The molecule has 1 aromatic carbocycles. The van der Waals surface area contributed by atoms with Crippen LogP contribution in [0, 0.1) is 6.92 Å². The van der Waals surface area contributed by atoms with Gasteiger partial charge in [0.15, 0.2) is 0 Å². The highest BCUT2D eigenvalue weighted by Crippen LogP contribution is 2.28. The Kier molecular flexibility index (Phi) is 5.01. The van der Waals surface area contributed by atoms with E-state index in [9.17, 15) is 0 Å². The maximum Gasteiger partial charge on any atom is 0.224 e. The smallest absolute Gasteiger partial charge is 0.224 e. The van der Waals surface area contributed by atoms with Crippen LogP contribution in [0.4, 0.5) is 23.1 Å². The number of anilines is 4. The maximum absolute atomic E-state index is 4.46. The molecule has 5 nitrogen and oxygen atoms in total. The molecule has 2 aromatic rings. The Morgan fingerprint density at radius 2 is 2.05 bits per heavy atom. The molecule has 1 heterocycles. The van der Waals surface area contributed by atoms with Crippen molar-refractivity contribution in [2.24, 2.45) is 0 Å². The summed E-state index contributed by atoms with van der Waals surface area (Å²) in [6.07, 6.45) is 1.74. The largest absolute Gasteiger partial charge is 0.377 e. The standard InChI is InChI=1S/C15H20BrN5/c1-5-17-15-18-9-12(16)14(20-15)19-11-7-6-10(2)13(8-11)21(3)4/h6-9H,5H2,1-4H3,(H2,17,18,19,20). The fourth-order valence-electron chi connectivity index (χ4n) is 2.00. The van der Waals surface area contributed by atoms with E-state index in [2.05, 4.69) is 60.5 Å². The van der Waals surface area contributed by atoms with Crippen LogP contribution in [-0.2, 0) is 0 Å². The molecule has 0 radical (unpaired) electrons. The lowest BCUT2D eigenvalue weighted by Gasteiger charge is -2.17. The van der Waals surface area contributed by atoms with E-state index >= 15 is 0 Å². The number of benzene rings is 1. The minimum atomic E-state index is 0.614. The maximum atomic E-state index is 4.46. The first-order valence-electron chi connectivity index (χ1n) is 6.82. The molecule has 0 spiro atoms. The molecule has 0 unspecified atom stereocenters. The fourth-order valence-corrected chi connectivity index (χ4v) is 2.29. The molecule has 2 rings (SSSR count). The predicted octanol–water partition coefficient (Wildman–Crippen LogP) is 3.79. The van der Waals surface area contributed by atoms with E-state index in [4.69, 9.17) is 0 Å². The fraction of sp³-hybridized carbons (Fsp3) is 0.333. The summed E-state index contributed by atoms with van der Waals surface area (Å²) in [5, 5.41) is 6.44. The van der Waals surface area contributed by atoms with E-state index in [1.54, 1.807) is 6.20 Å². The Morgan fingerprint density at radius 3 is 2.71 bits per heavy atom. The van der Waals surface area contributed by atoms with Gasteiger partial charge < -0.3 is 15.5 Å². The van der Waals surface area contributed by atoms with Crippen molar-refractivity contribution in [1.82, 2.24) is 9.97 Å². The minimum Gasteiger partial charge on any atom is -0.377 e. The van der Waals surface area contributed by atoms with Crippen LogP contribution >= 0.6 is 15.9 Å². The second-order valence-electron chi connectivity index (χ2n) is 4.94. The highest BCUT2D eigenvalue weighted by Gasteiger charge is 2.07. The van der Waals surface area contributed by atoms with Gasteiger partial charge in [0.05, 0.1) is 4.47 Å². The quantitative estimate of drug-likeness (QED) is 0.859. The third-order valence-electron chi connectivity index (χ3n) is 3.03. The van der Waals surface area contributed by atoms with Crippen LogP contribution < -0.4 is 15.5 Å². The van der Waals surface area contributed by atoms with Crippen LogP contribution in [0.1, 0.15) is 12.5 Å². The number of aryl methyl sites for hydroxylation is 1. The summed E-state index contributed by atoms with van der Waals surface area (Å²) in [5.41, 5.74) is 3.41. The van der Waals surface area contributed by atoms with E-state index < -0.39 is 0 Å². The number of aromatic nitrogens is 2. The molecule has 0 saturated carbocycles. The molecule has 0 fully saturated rings. The second-order valence-corrected chi connectivity index (χ2v) is 5.80. The van der Waals surface area contributed by atoms with Crippen LogP contribution in [0.15, 0.2) is 28.9 Å². The van der Waals surface area contributed by atoms with Crippen LogP contribution in [-0.4, -0.2) is 30.6 Å². The van der Waals surface area contributed by atoms with Crippen LogP contribution in [0.5, 0.6) is 0 Å². The van der Waals surface area contributed by atoms with Gasteiger partial charge in [-0.15, -0.1) is 0 Å². The van der Waals surface area contributed by atoms with E-state index in [0.717, 1.165) is 22.5 Å². The van der Waals surface area contributed by atoms with Crippen molar-refractivity contribution >= 4 is 39.1 Å². The van der Waals surface area contributed by atoms with Crippen LogP contribution in [0.3, 0.4) is 0 Å². The van der Waals surface area contributed by atoms with Gasteiger partial charge in [0.2, 0.25) is 5.95 Å². The summed E-state index contributed by atoms with van der Waals surface area (Å²) in [7, 11) is 4.08. The molecule has 1 aromatic heterocycles. The molecule has 0 bridgehead atoms. The van der Waals surface area contributed by atoms with Gasteiger partial charge in [0.25, 0.3) is 0 Å². The molecule has 0 atom stereocenters. The summed E-state index contributed by atoms with van der Waals surface area (Å²) >= 11 is 3.48. The van der Waals surface area contributed by atoms with Gasteiger partial charge in [0, 0.05) is 38.2 Å². The van der Waals surface area contributed by atoms with Gasteiger partial charge in [-0.05, 0) is 47.5 Å². The lowest BCUT2D eigenvalue weighted by atomic mass is 10.1. The van der Waals surface area contributed by atoms with Gasteiger partial charge in [-0.1, -0.05) is 6.07 Å². The topological polar surface area (TPSA) is 53.1 Å². The number of hydrogen-bond acceptors (Lipinski definition) is 5. The molecule has 112 valence electrons. The van der Waals surface area contributed by atoms with E-state index in [1.165, 1.54) is 11.3 Å². The summed E-state index contributed by atoms with van der Waals surface area (Å²) in [4.78, 5) is 10.8. The number of halogens is 1. The molecule has 6 heteroatoms. The van der Waals surface area contributed by atoms with Crippen molar-refractivity contribution in [3.05, 3.63) is 34.4 Å². The highest BCUT2D eigenvalue weighted by molar-refractivity contribution is 9.10. The zero-order chi connectivity index (χ0) is 15.4. The van der Waals surface area contributed by atoms with Crippen LogP contribution in [0.2, 0.25) is 0 Å². The predicted molar refractivity (Wildman–Crippen MR) is 92.7 cm³/mol. The Morgan fingerprint density at radius 1 is 1.29 bits per heavy atom. The Bertz CT molecular complexity index is 627. The van der Waals surface area contributed by atoms with Gasteiger partial charge in [0.1, 0.15) is 5.82 Å². The van der Waals surface area contributed by atoms with E-state index in [0.29, 0.717) is 5.95 Å². The summed E-state index contributed by atoms with van der Waals surface area (Å²) in [6, 6.07) is 6.25. The molecule has 0 amide bonds. The summed E-state index contributed by atoms with van der Waals surface area (Å²) in [5.74, 6) is 1.36. The third kappa shape index (κ3) is 3.85. The Balaban J connectivity index is 2.29. The zero-order valence-corrected chi connectivity index (χ0v) is 14.3. The molecule has 0 aliphatic carbocycles. The monoisotopic (exact) mass is 349 g/mol. The van der Waals surface area contributed by atoms with Crippen molar-refractivity contribution < 1.29 is 0 Å². The highest BCUT2D eigenvalue weighted by atomic mass is 79.9. The lowest BCUT2D eigenvalue weighted by molar-refractivity contribution is 1.08. The van der Waals surface area contributed by atoms with Gasteiger partial charge in [-0.3, -0.25) is 0 Å². The SMILES string of the molecule is CCNc1ncc(Br)c(Nc2ccc(C)c(N(C)C)c2)n1. The number of nitrogens with one attached hydrogen (secondary N) is 2. The average molecular weight is 350 g/mol. The van der Waals surface area contributed by atoms with Gasteiger partial charge in [-0.25, -0.2) is 4.98 Å². The molecule has 0 aliphatic heterocycles. The third-order valence-corrected chi connectivity index (χ3v) is 3.61. The first-order valence-corrected chi connectivity index (χ1v) is 7.62. The molecule has 2 N–H and O–H groups in total. The molecular weight excluding hydrogens is 330 g/mol. The first-order chi connectivity index (χ1) is 10.0. The van der Waals surface area contributed by atoms with Crippen molar-refractivity contribution in [2.45, 2.75) is 13.8 Å². The van der Waals surface area contributed by atoms with Gasteiger partial charge >= 0.3 is 0 Å². The zero-order valence-electron chi connectivity index (χ0n) is 12.7. The van der Waals surface area contributed by atoms with Crippen molar-refractivity contribution in [1.29, 1.82) is 0 Å². The average Bonchev–Trinajstić information content (AvgIpc) is 2.44. The van der Waals surface area contributed by atoms with Crippen molar-refractivity contribution in [3.63, 3.8) is 0 Å². The Hall–Kier alpha value is -1.82. The summed E-state index contributed by atoms with van der Waals surface area (Å²) in [6.45, 7) is 4.90. The number of rotatable bonds is 5. The minimum absolute atomic E-state index is 0.614. The molecule has 0 aliphatic rings. The van der Waals surface area contributed by atoms with E-state index in [-0.39, 0.29) is 0 Å². The normalized spacial score (nSPS) is 10.3. The van der Waals surface area contributed by atoms with Crippen LogP contribution in [0.25, 0.3) is 0 Å². The van der Waals surface area contributed by atoms with Crippen molar-refractivity contribution in [2.75, 3.05) is 36.2 Å². The lowest BCUT2D eigenvalue weighted by Crippen LogP contribution is -2.10. The molecule has 21 heavy (non-hydrogen) atoms.